The molecular formula is C24H30S6. The molecule has 6 heteroatoms. The molecule has 0 spiro atoms. The van der Waals surface area contributed by atoms with E-state index in [4.69, 9.17) is 0 Å². The van der Waals surface area contributed by atoms with Gasteiger partial charge in [-0.2, -0.15) is 23.5 Å². The standard InChI is InChI=1S/C24H30S6/c1-3-15-25-23(17-27-21-11-7-5-8-12-21)19-29-30-20-24(26-16-4-2)18-28-22-13-9-6-10-14-22/h3-14,23-24H,1-2,15-20H2. The third-order valence-corrected chi connectivity index (χ3v) is 12.1. The Bertz CT molecular complexity index is 630. The van der Waals surface area contributed by atoms with Crippen molar-refractivity contribution in [3.8, 4) is 0 Å². The molecule has 2 rings (SSSR count). The molecule has 0 fully saturated rings. The summed E-state index contributed by atoms with van der Waals surface area (Å²) in [4.78, 5) is 2.72. The van der Waals surface area contributed by atoms with E-state index < -0.39 is 0 Å². The van der Waals surface area contributed by atoms with Crippen LogP contribution in [0.3, 0.4) is 0 Å². The van der Waals surface area contributed by atoms with Crippen LogP contribution in [0.1, 0.15) is 0 Å². The molecule has 0 amide bonds. The van der Waals surface area contributed by atoms with Gasteiger partial charge in [-0.25, -0.2) is 0 Å². The smallest absolute Gasteiger partial charge is 0.0243 e. The quantitative estimate of drug-likeness (QED) is 0.0898. The van der Waals surface area contributed by atoms with Crippen LogP contribution >= 0.6 is 68.6 Å². The third-order valence-electron chi connectivity index (χ3n) is 3.85. The lowest BCUT2D eigenvalue weighted by Crippen LogP contribution is -2.12. The molecule has 0 saturated carbocycles. The molecule has 0 aliphatic heterocycles. The summed E-state index contributed by atoms with van der Waals surface area (Å²) in [6.45, 7) is 7.78. The van der Waals surface area contributed by atoms with Gasteiger partial charge in [0.1, 0.15) is 0 Å². The van der Waals surface area contributed by atoms with E-state index in [-0.39, 0.29) is 0 Å². The minimum Gasteiger partial charge on any atom is -0.153 e. The summed E-state index contributed by atoms with van der Waals surface area (Å²) in [7, 11) is 4.06. The van der Waals surface area contributed by atoms with E-state index in [0.29, 0.717) is 10.5 Å². The normalized spacial score (nSPS) is 12.9. The molecule has 0 heterocycles. The van der Waals surface area contributed by atoms with Gasteiger partial charge in [-0.15, -0.1) is 36.7 Å². The Morgan fingerprint density at radius 1 is 0.600 bits per heavy atom. The second-order valence-corrected chi connectivity index (χ2v) is 13.7. The first-order chi connectivity index (χ1) is 14.8. The summed E-state index contributed by atoms with van der Waals surface area (Å²) < 4.78 is 0. The fourth-order valence-corrected chi connectivity index (χ4v) is 10.3. The van der Waals surface area contributed by atoms with Crippen LogP contribution in [0.5, 0.6) is 0 Å². The van der Waals surface area contributed by atoms with Crippen LogP contribution in [0.25, 0.3) is 0 Å². The molecule has 0 bridgehead atoms. The molecule has 2 aromatic carbocycles. The third kappa shape index (κ3) is 12.2. The van der Waals surface area contributed by atoms with Crippen LogP contribution in [0.2, 0.25) is 0 Å². The predicted molar refractivity (Wildman–Crippen MR) is 152 cm³/mol. The van der Waals surface area contributed by atoms with Crippen LogP contribution in [-0.2, 0) is 0 Å². The zero-order chi connectivity index (χ0) is 21.3. The summed E-state index contributed by atoms with van der Waals surface area (Å²) in [6.07, 6.45) is 4.04. The molecule has 2 atom stereocenters. The summed E-state index contributed by atoms with van der Waals surface area (Å²) in [5.41, 5.74) is 0. The van der Waals surface area contributed by atoms with Crippen molar-refractivity contribution in [3.63, 3.8) is 0 Å². The van der Waals surface area contributed by atoms with Crippen molar-refractivity contribution in [2.45, 2.75) is 20.3 Å². The highest BCUT2D eigenvalue weighted by atomic mass is 33.1. The Morgan fingerprint density at radius 2 is 1.00 bits per heavy atom. The van der Waals surface area contributed by atoms with Crippen molar-refractivity contribution in [3.05, 3.63) is 86.0 Å². The number of benzene rings is 2. The highest BCUT2D eigenvalue weighted by molar-refractivity contribution is 8.76. The van der Waals surface area contributed by atoms with Crippen molar-refractivity contribution in [2.24, 2.45) is 0 Å². The summed E-state index contributed by atoms with van der Waals surface area (Å²) in [5, 5.41) is 1.28. The van der Waals surface area contributed by atoms with Crippen molar-refractivity contribution in [1.82, 2.24) is 0 Å². The number of hydrogen-bond acceptors (Lipinski definition) is 6. The number of thioether (sulfide) groups is 4. The molecule has 0 aromatic heterocycles. The first-order valence-electron chi connectivity index (χ1n) is 9.87. The first-order valence-corrected chi connectivity index (χ1v) is 16.4. The maximum Gasteiger partial charge on any atom is 0.0243 e. The zero-order valence-electron chi connectivity index (χ0n) is 17.2. The Hall–Kier alpha value is 0.0200. The fourth-order valence-electron chi connectivity index (χ4n) is 2.36. The minimum atomic E-state index is 0.642. The van der Waals surface area contributed by atoms with E-state index in [2.05, 4.69) is 73.8 Å². The predicted octanol–water partition coefficient (Wildman–Crippen LogP) is 8.53. The van der Waals surface area contributed by atoms with Gasteiger partial charge in [-0.3, -0.25) is 0 Å². The zero-order valence-corrected chi connectivity index (χ0v) is 22.1. The van der Waals surface area contributed by atoms with E-state index in [1.54, 1.807) is 0 Å². The second kappa shape index (κ2) is 17.6. The van der Waals surface area contributed by atoms with E-state index in [1.165, 1.54) is 21.3 Å². The van der Waals surface area contributed by atoms with Gasteiger partial charge < -0.3 is 0 Å². The average molecular weight is 511 g/mol. The molecule has 162 valence electrons. The Labute approximate surface area is 208 Å². The molecule has 0 nitrogen and oxygen atoms in total. The van der Waals surface area contributed by atoms with Crippen molar-refractivity contribution in [1.29, 1.82) is 0 Å². The van der Waals surface area contributed by atoms with Crippen LogP contribution in [0.15, 0.2) is 95.8 Å². The van der Waals surface area contributed by atoms with Crippen LogP contribution in [0.4, 0.5) is 0 Å². The summed E-state index contributed by atoms with van der Waals surface area (Å²) >= 11 is 7.98. The maximum atomic E-state index is 3.89. The molecule has 0 aliphatic carbocycles. The lowest BCUT2D eigenvalue weighted by Gasteiger charge is -2.17. The monoisotopic (exact) mass is 510 g/mol. The molecule has 0 saturated heterocycles. The topological polar surface area (TPSA) is 0 Å². The SMILES string of the molecule is C=CCSC(CSSCC(CSc1ccccc1)SCC=C)CSc1ccccc1. The summed E-state index contributed by atoms with van der Waals surface area (Å²) in [5.74, 6) is 6.69. The largest absolute Gasteiger partial charge is 0.153 e. The fraction of sp³-hybridized carbons (Fsp3) is 0.333. The number of rotatable bonds is 17. The molecule has 0 radical (unpaired) electrons. The van der Waals surface area contributed by atoms with Crippen LogP contribution < -0.4 is 0 Å². The highest BCUT2D eigenvalue weighted by Gasteiger charge is 2.13. The Balaban J connectivity index is 1.73. The van der Waals surface area contributed by atoms with Gasteiger partial charge >= 0.3 is 0 Å². The van der Waals surface area contributed by atoms with Crippen molar-refractivity contribution in [2.75, 3.05) is 34.5 Å². The molecule has 0 aliphatic rings. The van der Waals surface area contributed by atoms with E-state index >= 15 is 0 Å². The van der Waals surface area contributed by atoms with Gasteiger partial charge in [0.15, 0.2) is 0 Å². The molecular weight excluding hydrogens is 481 g/mol. The van der Waals surface area contributed by atoms with Gasteiger partial charge in [0.2, 0.25) is 0 Å². The average Bonchev–Trinajstić information content (AvgIpc) is 2.80. The second-order valence-electron chi connectivity index (χ2n) is 6.31. The molecule has 2 unspecified atom stereocenters. The number of hydrogen-bond donors (Lipinski definition) is 0. The Morgan fingerprint density at radius 3 is 1.37 bits per heavy atom. The van der Waals surface area contributed by atoms with Gasteiger partial charge in [-0.05, 0) is 24.3 Å². The lowest BCUT2D eigenvalue weighted by molar-refractivity contribution is 1.14. The molecule has 0 N–H and O–H groups in total. The lowest BCUT2D eigenvalue weighted by atomic mass is 10.4. The maximum absolute atomic E-state index is 3.89. The Kier molecular flexibility index (Phi) is 15.4. The van der Waals surface area contributed by atoms with Crippen LogP contribution in [0, 0.1) is 0 Å². The van der Waals surface area contributed by atoms with Crippen LogP contribution in [-0.4, -0.2) is 45.0 Å². The van der Waals surface area contributed by atoms with Crippen molar-refractivity contribution >= 4 is 68.6 Å². The highest BCUT2D eigenvalue weighted by Crippen LogP contribution is 2.33. The van der Waals surface area contributed by atoms with Crippen molar-refractivity contribution < 1.29 is 0 Å². The van der Waals surface area contributed by atoms with E-state index in [0.717, 1.165) is 23.0 Å². The van der Waals surface area contributed by atoms with Gasteiger partial charge in [0.25, 0.3) is 0 Å². The van der Waals surface area contributed by atoms with Gasteiger partial charge in [0, 0.05) is 54.8 Å². The molecule has 2 aromatic rings. The van der Waals surface area contributed by atoms with E-state index in [1.807, 2.05) is 80.8 Å². The van der Waals surface area contributed by atoms with Gasteiger partial charge in [-0.1, -0.05) is 70.1 Å². The molecule has 30 heavy (non-hydrogen) atoms. The summed E-state index contributed by atoms with van der Waals surface area (Å²) in [6, 6.07) is 21.4. The minimum absolute atomic E-state index is 0.642. The first kappa shape index (κ1) is 26.3. The van der Waals surface area contributed by atoms with E-state index in [9.17, 15) is 0 Å². The van der Waals surface area contributed by atoms with Gasteiger partial charge in [0.05, 0.1) is 0 Å².